The molecule has 212 valence electrons. The Morgan fingerprint density at radius 3 is 1.72 bits per heavy atom. The molecule has 0 rings (SSSR count). The van der Waals surface area contributed by atoms with Gasteiger partial charge in [-0.2, -0.15) is 0 Å². The highest BCUT2D eigenvalue weighted by atomic mass is 28.4. The number of ketones is 1. The molecule has 0 saturated heterocycles. The molecule has 0 saturated carbocycles. The molecule has 4 nitrogen and oxygen atoms in total. The van der Waals surface area contributed by atoms with Crippen LogP contribution in [0.3, 0.4) is 0 Å². The Balaban J connectivity index is 5.49. The Labute approximate surface area is 228 Å². The van der Waals surface area contributed by atoms with E-state index in [1.165, 1.54) is 0 Å². The Morgan fingerprint density at radius 2 is 1.31 bits per heavy atom. The highest BCUT2D eigenvalue weighted by Gasteiger charge is 2.41. The fourth-order valence-corrected chi connectivity index (χ4v) is 9.41. The van der Waals surface area contributed by atoms with E-state index < -0.39 is 30.6 Å². The van der Waals surface area contributed by atoms with Crippen molar-refractivity contribution in [3.05, 3.63) is 0 Å². The molecule has 0 amide bonds. The summed E-state index contributed by atoms with van der Waals surface area (Å²) >= 11 is 0. The van der Waals surface area contributed by atoms with Gasteiger partial charge in [0.05, 0.1) is 11.7 Å². The van der Waals surface area contributed by atoms with Crippen LogP contribution in [-0.2, 0) is 18.1 Å². The van der Waals surface area contributed by atoms with Gasteiger partial charge in [0.15, 0.2) is 25.0 Å². The minimum absolute atomic E-state index is 0.0499. The Morgan fingerprint density at radius 1 is 0.833 bits per heavy atom. The van der Waals surface area contributed by atoms with Gasteiger partial charge in [0.25, 0.3) is 0 Å². The maximum Gasteiger partial charge on any atom is 0.207 e. The first-order valence-corrected chi connectivity index (χ1v) is 22.5. The normalized spacial score (nSPS) is 16.2. The van der Waals surface area contributed by atoms with Crippen molar-refractivity contribution < 1.29 is 18.1 Å². The molecule has 0 bridgehead atoms. The first-order valence-electron chi connectivity index (χ1n) is 14.1. The van der Waals surface area contributed by atoms with Gasteiger partial charge in [-0.1, -0.05) is 68.2 Å². The number of rotatable bonds is 14. The highest BCUT2D eigenvalue weighted by molar-refractivity contribution is 6.74. The second-order valence-electron chi connectivity index (χ2n) is 13.9. The zero-order chi connectivity index (χ0) is 28.6. The molecule has 0 aromatic carbocycles. The summed E-state index contributed by atoms with van der Waals surface area (Å²) in [5, 5.41) is 0.296. The van der Waals surface area contributed by atoms with Crippen molar-refractivity contribution in [3.8, 4) is 11.8 Å². The van der Waals surface area contributed by atoms with Gasteiger partial charge in [-0.05, 0) is 80.6 Å². The smallest absolute Gasteiger partial charge is 0.207 e. The summed E-state index contributed by atoms with van der Waals surface area (Å²) < 4.78 is 19.8. The predicted octanol–water partition coefficient (Wildman–Crippen LogP) is 8.94. The van der Waals surface area contributed by atoms with E-state index in [0.717, 1.165) is 24.6 Å². The zero-order valence-electron chi connectivity index (χ0n) is 26.7. The zero-order valence-corrected chi connectivity index (χ0v) is 29.7. The molecule has 0 N–H and O–H groups in total. The van der Waals surface area contributed by atoms with Crippen LogP contribution in [0.15, 0.2) is 0 Å². The highest BCUT2D eigenvalue weighted by Crippen LogP contribution is 2.39. The van der Waals surface area contributed by atoms with Crippen molar-refractivity contribution in [2.75, 3.05) is 6.61 Å². The van der Waals surface area contributed by atoms with E-state index in [-0.39, 0.29) is 22.0 Å². The van der Waals surface area contributed by atoms with E-state index in [0.29, 0.717) is 19.4 Å². The lowest BCUT2D eigenvalue weighted by molar-refractivity contribution is -0.115. The number of carbonyl (C=O) groups excluding carboxylic acids is 1. The minimum atomic E-state index is -1.91. The van der Waals surface area contributed by atoms with E-state index in [1.807, 2.05) is 6.92 Å². The summed E-state index contributed by atoms with van der Waals surface area (Å²) in [6, 6.07) is 3.27. The first-order chi connectivity index (χ1) is 16.1. The number of hydrogen-bond acceptors (Lipinski definition) is 4. The van der Waals surface area contributed by atoms with Gasteiger partial charge in [0.2, 0.25) is 5.78 Å². The fourth-order valence-electron chi connectivity index (χ4n) is 3.77. The van der Waals surface area contributed by atoms with Gasteiger partial charge in [0.1, 0.15) is 0 Å². The van der Waals surface area contributed by atoms with Crippen molar-refractivity contribution >= 4 is 30.7 Å². The molecule has 2 atom stereocenters. The van der Waals surface area contributed by atoms with E-state index in [2.05, 4.69) is 107 Å². The van der Waals surface area contributed by atoms with Crippen LogP contribution < -0.4 is 0 Å². The van der Waals surface area contributed by atoms with Gasteiger partial charge in [-0.3, -0.25) is 4.79 Å². The summed E-state index contributed by atoms with van der Waals surface area (Å²) in [5.41, 5.74) is -0.410. The van der Waals surface area contributed by atoms with Crippen LogP contribution in [0.2, 0.25) is 54.4 Å². The van der Waals surface area contributed by atoms with E-state index in [1.54, 1.807) is 0 Å². The average Bonchev–Trinajstić information content (AvgIpc) is 2.69. The molecule has 36 heavy (non-hydrogen) atoms. The van der Waals surface area contributed by atoms with Crippen LogP contribution >= 0.6 is 0 Å². The molecule has 0 fully saturated rings. The van der Waals surface area contributed by atoms with Gasteiger partial charge < -0.3 is 13.3 Å². The van der Waals surface area contributed by atoms with Crippen LogP contribution in [-0.4, -0.2) is 49.0 Å². The summed E-state index contributed by atoms with van der Waals surface area (Å²) in [6.45, 7) is 34.1. The van der Waals surface area contributed by atoms with Gasteiger partial charge in [0, 0.05) is 19.4 Å². The van der Waals surface area contributed by atoms with Crippen LogP contribution in [0, 0.1) is 11.8 Å². The molecular formula is C29H60O4Si3. The SMILES string of the molecule is CC[Si](CC)(CC)O[C@](C)(CC#CC(=O)C[C@@H](C)O[Si](C)(C)C(C)(C)C)CCO[Si](C)(C)C(C)(C)C. The Bertz CT molecular complexity index is 741. The second kappa shape index (κ2) is 13.7. The first kappa shape index (κ1) is 35.8. The minimum Gasteiger partial charge on any atom is -0.417 e. The Hall–Kier alpha value is -0.239. The topological polar surface area (TPSA) is 44.8 Å². The fraction of sp³-hybridized carbons (Fsp3) is 0.897. The number of carbonyl (C=O) groups is 1. The largest absolute Gasteiger partial charge is 0.417 e. The molecule has 0 heterocycles. The van der Waals surface area contributed by atoms with Crippen LogP contribution in [0.4, 0.5) is 0 Å². The molecule has 7 heteroatoms. The summed E-state index contributed by atoms with van der Waals surface area (Å²) in [7, 11) is -5.59. The maximum atomic E-state index is 12.7. The van der Waals surface area contributed by atoms with E-state index >= 15 is 0 Å². The quantitative estimate of drug-likeness (QED) is 0.122. The molecule has 0 aliphatic carbocycles. The van der Waals surface area contributed by atoms with E-state index in [9.17, 15) is 4.79 Å². The van der Waals surface area contributed by atoms with Gasteiger partial charge in [-0.15, -0.1) is 0 Å². The van der Waals surface area contributed by atoms with Crippen molar-refractivity contribution in [2.45, 2.75) is 162 Å². The Kier molecular flexibility index (Phi) is 13.6. The third-order valence-electron chi connectivity index (χ3n) is 8.76. The monoisotopic (exact) mass is 556 g/mol. The lowest BCUT2D eigenvalue weighted by atomic mass is 9.99. The lowest BCUT2D eigenvalue weighted by Gasteiger charge is -2.41. The van der Waals surface area contributed by atoms with Crippen LogP contribution in [0.5, 0.6) is 0 Å². The molecule has 0 aliphatic rings. The molecule has 0 aromatic rings. The van der Waals surface area contributed by atoms with Gasteiger partial charge in [-0.25, -0.2) is 0 Å². The molecule has 0 aliphatic heterocycles. The van der Waals surface area contributed by atoms with Gasteiger partial charge >= 0.3 is 0 Å². The number of hydrogen-bond donors (Lipinski definition) is 0. The molecule has 0 radical (unpaired) electrons. The number of Topliss-reactive ketones (excluding diaryl/α,β-unsaturated/α-hetero) is 1. The molecule has 0 spiro atoms. The molecule has 0 aromatic heterocycles. The third-order valence-corrected chi connectivity index (χ3v) is 22.7. The average molecular weight is 557 g/mol. The van der Waals surface area contributed by atoms with Crippen molar-refractivity contribution in [1.82, 2.24) is 0 Å². The van der Waals surface area contributed by atoms with Crippen molar-refractivity contribution in [2.24, 2.45) is 0 Å². The van der Waals surface area contributed by atoms with Crippen molar-refractivity contribution in [1.29, 1.82) is 0 Å². The van der Waals surface area contributed by atoms with Crippen molar-refractivity contribution in [3.63, 3.8) is 0 Å². The molecule has 0 unspecified atom stereocenters. The predicted molar refractivity (Wildman–Crippen MR) is 164 cm³/mol. The van der Waals surface area contributed by atoms with E-state index in [4.69, 9.17) is 13.3 Å². The lowest BCUT2D eigenvalue weighted by Crippen LogP contribution is -2.47. The van der Waals surface area contributed by atoms with Crippen LogP contribution in [0.25, 0.3) is 0 Å². The molecular weight excluding hydrogens is 497 g/mol. The summed E-state index contributed by atoms with van der Waals surface area (Å²) in [5.74, 6) is 6.07. The standard InChI is InChI=1S/C29H60O4Si3/c1-16-36(17-2,18-3)33-29(11,22-23-31-34(12,13)27(5,6)7)21-19-20-26(30)24-25(4)32-35(14,15)28(8,9)10/h25H,16-18,21-24H2,1-15H3/t25-,29-/m1/s1. The summed E-state index contributed by atoms with van der Waals surface area (Å²) in [4.78, 5) is 12.7. The summed E-state index contributed by atoms with van der Waals surface area (Å²) in [6.07, 6.45) is 1.56. The second-order valence-corrected chi connectivity index (χ2v) is 28.2. The maximum absolute atomic E-state index is 12.7. The third kappa shape index (κ3) is 11.2. The van der Waals surface area contributed by atoms with Crippen LogP contribution in [0.1, 0.15) is 95.4 Å².